The summed E-state index contributed by atoms with van der Waals surface area (Å²) in [6, 6.07) is 0. The number of hydrogen-bond donors (Lipinski definition) is 0. The van der Waals surface area contributed by atoms with Crippen LogP contribution in [-0.2, 0) is 4.74 Å². The van der Waals surface area contributed by atoms with Crippen molar-refractivity contribution < 1.29 is 9.53 Å². The molecule has 1 atom stereocenters. The van der Waals surface area contributed by atoms with E-state index in [2.05, 4.69) is 4.37 Å². The smallest absolute Gasteiger partial charge is 0.267 e. The van der Waals surface area contributed by atoms with Gasteiger partial charge in [0.2, 0.25) is 0 Å². The zero-order valence-corrected chi connectivity index (χ0v) is 12.3. The number of aromatic nitrogens is 1. The van der Waals surface area contributed by atoms with Crippen molar-refractivity contribution in [3.63, 3.8) is 0 Å². The van der Waals surface area contributed by atoms with Gasteiger partial charge in [0.1, 0.15) is 9.90 Å². The largest absolute Gasteiger partial charge is 0.381 e. The molecule has 0 bridgehead atoms. The molecule has 7 heteroatoms. The second-order valence-electron chi connectivity index (χ2n) is 4.18. The maximum atomic E-state index is 12.2. The van der Waals surface area contributed by atoms with E-state index in [4.69, 9.17) is 27.9 Å². The lowest BCUT2D eigenvalue weighted by atomic mass is 10.1. The Balaban J connectivity index is 1.97. The molecule has 0 radical (unpaired) electrons. The van der Waals surface area contributed by atoms with E-state index in [0.717, 1.165) is 24.5 Å². The second-order valence-corrected chi connectivity index (χ2v) is 5.69. The van der Waals surface area contributed by atoms with Crippen molar-refractivity contribution in [3.05, 3.63) is 15.1 Å². The Morgan fingerprint density at radius 2 is 2.39 bits per heavy atom. The summed E-state index contributed by atoms with van der Waals surface area (Å²) in [5, 5.41) is 0.468. The third kappa shape index (κ3) is 2.96. The van der Waals surface area contributed by atoms with Crippen molar-refractivity contribution in [1.29, 1.82) is 0 Å². The normalized spacial score (nSPS) is 19.5. The van der Waals surface area contributed by atoms with Crippen LogP contribution >= 0.6 is 34.7 Å². The van der Waals surface area contributed by atoms with E-state index in [9.17, 15) is 4.79 Å². The molecule has 1 amide bonds. The minimum atomic E-state index is -0.0802. The molecule has 100 valence electrons. The molecular formula is C11H14Cl2N2O2S. The first-order valence-electron chi connectivity index (χ1n) is 5.81. The SMILES string of the molecule is CCOCC1CCN(C(=O)c2snc(Cl)c2Cl)C1. The molecule has 0 spiro atoms. The van der Waals surface area contributed by atoms with Gasteiger partial charge in [0.25, 0.3) is 5.91 Å². The van der Waals surface area contributed by atoms with Crippen LogP contribution in [0.25, 0.3) is 0 Å². The molecule has 1 aromatic rings. The summed E-state index contributed by atoms with van der Waals surface area (Å²) in [6.45, 7) is 4.84. The fourth-order valence-corrected chi connectivity index (χ4v) is 3.15. The van der Waals surface area contributed by atoms with Crippen molar-refractivity contribution in [2.75, 3.05) is 26.3 Å². The molecular weight excluding hydrogens is 295 g/mol. The summed E-state index contributed by atoms with van der Waals surface area (Å²) in [5.41, 5.74) is 0. The Bertz CT molecular complexity index is 439. The highest BCUT2D eigenvalue weighted by atomic mass is 35.5. The van der Waals surface area contributed by atoms with Crippen molar-refractivity contribution in [2.45, 2.75) is 13.3 Å². The zero-order valence-electron chi connectivity index (χ0n) is 9.99. The van der Waals surface area contributed by atoms with E-state index in [1.807, 2.05) is 6.92 Å². The van der Waals surface area contributed by atoms with Crippen LogP contribution in [-0.4, -0.2) is 41.5 Å². The minimum Gasteiger partial charge on any atom is -0.381 e. The van der Waals surface area contributed by atoms with Crippen molar-refractivity contribution >= 4 is 40.6 Å². The predicted molar refractivity (Wildman–Crippen MR) is 72.6 cm³/mol. The highest BCUT2D eigenvalue weighted by Crippen LogP contribution is 2.30. The van der Waals surface area contributed by atoms with Gasteiger partial charge in [-0.15, -0.1) is 0 Å². The number of halogens is 2. The molecule has 18 heavy (non-hydrogen) atoms. The summed E-state index contributed by atoms with van der Waals surface area (Å²) in [5.74, 6) is 0.333. The second kappa shape index (κ2) is 6.19. The van der Waals surface area contributed by atoms with Crippen LogP contribution in [0.1, 0.15) is 23.0 Å². The van der Waals surface area contributed by atoms with E-state index < -0.39 is 0 Å². The van der Waals surface area contributed by atoms with Gasteiger partial charge in [-0.25, -0.2) is 0 Å². The topological polar surface area (TPSA) is 42.4 Å². The molecule has 2 rings (SSSR count). The van der Waals surface area contributed by atoms with E-state index >= 15 is 0 Å². The number of amides is 1. The first kappa shape index (κ1) is 14.1. The van der Waals surface area contributed by atoms with Crippen LogP contribution in [0.5, 0.6) is 0 Å². The maximum Gasteiger partial charge on any atom is 0.267 e. The lowest BCUT2D eigenvalue weighted by Gasteiger charge is -2.15. The number of ether oxygens (including phenoxy) is 1. The number of carbonyl (C=O) groups excluding carboxylic acids is 1. The Kier molecular flexibility index (Phi) is 4.84. The van der Waals surface area contributed by atoms with Crippen molar-refractivity contribution in [1.82, 2.24) is 9.27 Å². The van der Waals surface area contributed by atoms with Gasteiger partial charge in [-0.05, 0) is 24.9 Å². The molecule has 1 aliphatic rings. The van der Waals surface area contributed by atoms with Gasteiger partial charge in [0.15, 0.2) is 5.15 Å². The molecule has 4 nitrogen and oxygen atoms in total. The first-order valence-corrected chi connectivity index (χ1v) is 7.34. The monoisotopic (exact) mass is 308 g/mol. The summed E-state index contributed by atoms with van der Waals surface area (Å²) in [7, 11) is 0. The lowest BCUT2D eigenvalue weighted by Crippen LogP contribution is -2.28. The van der Waals surface area contributed by atoms with Crippen LogP contribution in [0, 0.1) is 5.92 Å². The standard InChI is InChI=1S/C11H14Cl2N2O2S/c1-2-17-6-7-3-4-15(5-7)11(16)9-8(12)10(13)14-18-9/h7H,2-6H2,1H3. The van der Waals surface area contributed by atoms with Crippen LogP contribution in [0.4, 0.5) is 0 Å². The molecule has 2 heterocycles. The molecule has 1 saturated heterocycles. The molecule has 1 unspecified atom stereocenters. The maximum absolute atomic E-state index is 12.2. The summed E-state index contributed by atoms with van der Waals surface area (Å²) >= 11 is 12.8. The predicted octanol–water partition coefficient (Wildman–Crippen LogP) is 2.95. The van der Waals surface area contributed by atoms with Gasteiger partial charge in [-0.2, -0.15) is 4.37 Å². The molecule has 0 saturated carbocycles. The van der Waals surface area contributed by atoms with Gasteiger partial charge < -0.3 is 9.64 Å². The fourth-order valence-electron chi connectivity index (χ4n) is 1.97. The van der Waals surface area contributed by atoms with Crippen molar-refractivity contribution in [2.24, 2.45) is 5.92 Å². The third-order valence-corrected chi connectivity index (χ3v) is 4.71. The summed E-state index contributed by atoms with van der Waals surface area (Å²) in [4.78, 5) is 14.4. The van der Waals surface area contributed by atoms with E-state index in [0.29, 0.717) is 30.6 Å². The highest BCUT2D eigenvalue weighted by molar-refractivity contribution is 7.09. The Morgan fingerprint density at radius 1 is 1.61 bits per heavy atom. The van der Waals surface area contributed by atoms with Gasteiger partial charge in [-0.1, -0.05) is 23.2 Å². The van der Waals surface area contributed by atoms with E-state index in [-0.39, 0.29) is 16.1 Å². The molecule has 1 aliphatic heterocycles. The van der Waals surface area contributed by atoms with E-state index in [1.54, 1.807) is 4.90 Å². The van der Waals surface area contributed by atoms with Gasteiger partial charge >= 0.3 is 0 Å². The lowest BCUT2D eigenvalue weighted by molar-refractivity contribution is 0.0767. The molecule has 1 aromatic heterocycles. The number of carbonyl (C=O) groups is 1. The zero-order chi connectivity index (χ0) is 13.1. The number of rotatable bonds is 4. The van der Waals surface area contributed by atoms with Gasteiger partial charge in [0, 0.05) is 25.6 Å². The highest BCUT2D eigenvalue weighted by Gasteiger charge is 2.29. The van der Waals surface area contributed by atoms with Gasteiger partial charge in [-0.3, -0.25) is 4.79 Å². The molecule has 1 fully saturated rings. The Hall–Kier alpha value is -0.360. The molecule has 0 aliphatic carbocycles. The average Bonchev–Trinajstić information content (AvgIpc) is 2.95. The van der Waals surface area contributed by atoms with Crippen LogP contribution < -0.4 is 0 Å². The first-order chi connectivity index (χ1) is 8.63. The fraction of sp³-hybridized carbons (Fsp3) is 0.636. The number of nitrogens with zero attached hydrogens (tertiary/aromatic N) is 2. The molecule has 0 N–H and O–H groups in total. The van der Waals surface area contributed by atoms with Crippen LogP contribution in [0.15, 0.2) is 0 Å². The van der Waals surface area contributed by atoms with E-state index in [1.165, 1.54) is 0 Å². The average molecular weight is 309 g/mol. The minimum absolute atomic E-state index is 0.0802. The number of hydrogen-bond acceptors (Lipinski definition) is 4. The number of likely N-dealkylation sites (tertiary alicyclic amines) is 1. The van der Waals surface area contributed by atoms with Crippen molar-refractivity contribution in [3.8, 4) is 0 Å². The Labute approximate surface area is 120 Å². The summed E-state index contributed by atoms with van der Waals surface area (Å²) in [6.07, 6.45) is 0.968. The van der Waals surface area contributed by atoms with Crippen LogP contribution in [0.2, 0.25) is 10.2 Å². The molecule has 0 aromatic carbocycles. The van der Waals surface area contributed by atoms with Gasteiger partial charge in [0.05, 0.1) is 6.61 Å². The third-order valence-electron chi connectivity index (χ3n) is 2.92. The summed E-state index contributed by atoms with van der Waals surface area (Å²) < 4.78 is 9.26. The Morgan fingerprint density at radius 3 is 3.00 bits per heavy atom. The quantitative estimate of drug-likeness (QED) is 0.859. The van der Waals surface area contributed by atoms with Crippen LogP contribution in [0.3, 0.4) is 0 Å².